The van der Waals surface area contributed by atoms with Crippen LogP contribution in [0.2, 0.25) is 0 Å². The van der Waals surface area contributed by atoms with Crippen LogP contribution >= 0.6 is 0 Å². The van der Waals surface area contributed by atoms with E-state index in [1.165, 1.54) is 0 Å². The van der Waals surface area contributed by atoms with Crippen LogP contribution in [-0.4, -0.2) is 31.3 Å². The molecule has 1 aromatic rings. The smallest absolute Gasteiger partial charge is 0.311 e. The molecule has 0 aromatic heterocycles. The molecule has 2 aliphatic heterocycles. The molecule has 23 heavy (non-hydrogen) atoms. The number of benzene rings is 1. The van der Waals surface area contributed by atoms with Crippen LogP contribution < -0.4 is 14.4 Å². The molecule has 3 aliphatic rings. The van der Waals surface area contributed by atoms with Gasteiger partial charge in [-0.25, -0.2) is 0 Å². The van der Waals surface area contributed by atoms with Gasteiger partial charge in [0.1, 0.15) is 6.10 Å². The molecule has 2 heterocycles. The van der Waals surface area contributed by atoms with Gasteiger partial charge < -0.3 is 19.1 Å². The van der Waals surface area contributed by atoms with E-state index in [2.05, 4.69) is 0 Å². The molecule has 6 heteroatoms. The number of hydrogen-bond donors (Lipinski definition) is 0. The topological polar surface area (TPSA) is 65.1 Å². The van der Waals surface area contributed by atoms with Crippen molar-refractivity contribution in [3.05, 3.63) is 18.2 Å². The van der Waals surface area contributed by atoms with Crippen molar-refractivity contribution >= 4 is 17.6 Å². The van der Waals surface area contributed by atoms with Gasteiger partial charge >= 0.3 is 5.97 Å². The largest absolute Gasteiger partial charge is 0.462 e. The third-order valence-corrected chi connectivity index (χ3v) is 4.71. The van der Waals surface area contributed by atoms with E-state index in [9.17, 15) is 9.59 Å². The minimum Gasteiger partial charge on any atom is -0.462 e. The number of carbonyl (C=O) groups excluding carboxylic acids is 2. The van der Waals surface area contributed by atoms with Gasteiger partial charge in [0.25, 0.3) is 0 Å². The van der Waals surface area contributed by atoms with E-state index < -0.39 is 0 Å². The Hall–Kier alpha value is -2.24. The molecule has 6 nitrogen and oxygen atoms in total. The Balaban J connectivity index is 1.44. The molecule has 1 aromatic carbocycles. The van der Waals surface area contributed by atoms with Crippen molar-refractivity contribution in [2.45, 2.75) is 38.2 Å². The molecule has 0 spiro atoms. The molecule has 1 saturated heterocycles. The normalized spacial score (nSPS) is 23.6. The second kappa shape index (κ2) is 5.76. The maximum Gasteiger partial charge on any atom is 0.311 e. The molecular weight excluding hydrogens is 298 g/mol. The molecule has 1 aliphatic carbocycles. The average molecular weight is 317 g/mol. The van der Waals surface area contributed by atoms with E-state index in [1.54, 1.807) is 17.0 Å². The Bertz CT molecular complexity index is 638. The lowest BCUT2D eigenvalue weighted by Gasteiger charge is -2.18. The number of anilines is 1. The first-order chi connectivity index (χ1) is 11.2. The summed E-state index contributed by atoms with van der Waals surface area (Å²) in [6.45, 7) is 0.563. The lowest BCUT2D eigenvalue weighted by atomic mass is 10.1. The summed E-state index contributed by atoms with van der Waals surface area (Å²) in [4.78, 5) is 26.2. The lowest BCUT2D eigenvalue weighted by Crippen LogP contribution is -2.27. The maximum absolute atomic E-state index is 12.3. The van der Waals surface area contributed by atoms with Crippen molar-refractivity contribution < 1.29 is 23.8 Å². The molecule has 1 saturated carbocycles. The van der Waals surface area contributed by atoms with Crippen molar-refractivity contribution in [3.63, 3.8) is 0 Å². The van der Waals surface area contributed by atoms with Gasteiger partial charge in [0.05, 0.1) is 5.92 Å². The van der Waals surface area contributed by atoms with Crippen LogP contribution in [0.5, 0.6) is 11.5 Å². The zero-order chi connectivity index (χ0) is 15.8. The fourth-order valence-electron chi connectivity index (χ4n) is 3.43. The molecule has 1 atom stereocenters. The van der Waals surface area contributed by atoms with E-state index in [0.717, 1.165) is 31.4 Å². The highest BCUT2D eigenvalue weighted by Crippen LogP contribution is 2.37. The molecule has 0 unspecified atom stereocenters. The zero-order valence-electron chi connectivity index (χ0n) is 12.8. The Morgan fingerprint density at radius 3 is 2.78 bits per heavy atom. The Morgan fingerprint density at radius 1 is 1.17 bits per heavy atom. The fourth-order valence-corrected chi connectivity index (χ4v) is 3.43. The van der Waals surface area contributed by atoms with E-state index >= 15 is 0 Å². The second-order valence-electron chi connectivity index (χ2n) is 6.29. The number of rotatable bonds is 3. The third-order valence-electron chi connectivity index (χ3n) is 4.71. The number of ether oxygens (including phenoxy) is 3. The Labute approximate surface area is 134 Å². The number of carbonyl (C=O) groups is 2. The predicted octanol–water partition coefficient (Wildman–Crippen LogP) is 2.25. The van der Waals surface area contributed by atoms with Crippen molar-refractivity contribution in [2.24, 2.45) is 5.92 Å². The van der Waals surface area contributed by atoms with Crippen molar-refractivity contribution in [2.75, 3.05) is 18.2 Å². The zero-order valence-corrected chi connectivity index (χ0v) is 12.8. The van der Waals surface area contributed by atoms with E-state index in [-0.39, 0.29) is 37.1 Å². The first-order valence-electron chi connectivity index (χ1n) is 8.11. The summed E-state index contributed by atoms with van der Waals surface area (Å²) in [6, 6.07) is 5.39. The molecule has 1 amide bonds. The quantitative estimate of drug-likeness (QED) is 0.800. The van der Waals surface area contributed by atoms with Gasteiger partial charge in [-0.3, -0.25) is 9.59 Å². The average Bonchev–Trinajstić information content (AvgIpc) is 3.26. The van der Waals surface area contributed by atoms with Gasteiger partial charge in [-0.05, 0) is 37.8 Å². The summed E-state index contributed by atoms with van der Waals surface area (Å²) >= 11 is 0. The first-order valence-corrected chi connectivity index (χ1v) is 8.11. The van der Waals surface area contributed by atoms with Crippen molar-refractivity contribution in [1.82, 2.24) is 0 Å². The summed E-state index contributed by atoms with van der Waals surface area (Å²) in [7, 11) is 0. The van der Waals surface area contributed by atoms with E-state index in [1.807, 2.05) is 6.07 Å². The number of fused-ring (bicyclic) bond motifs is 1. The number of hydrogen-bond acceptors (Lipinski definition) is 5. The molecule has 2 fully saturated rings. The monoisotopic (exact) mass is 317 g/mol. The Kier molecular flexibility index (Phi) is 3.59. The maximum atomic E-state index is 12.3. The highest BCUT2D eigenvalue weighted by atomic mass is 16.7. The van der Waals surface area contributed by atoms with Gasteiger partial charge in [-0.2, -0.15) is 0 Å². The van der Waals surface area contributed by atoms with Gasteiger partial charge in [0.2, 0.25) is 12.7 Å². The standard InChI is InChI=1S/C17H19NO5/c19-16-7-11(17(20)23-13-3-1-2-4-13)9-18(16)12-5-6-14-15(8-12)22-10-21-14/h5-6,8,11,13H,1-4,7,9-10H2/t11-/m1/s1. The molecule has 0 radical (unpaired) electrons. The fraction of sp³-hybridized carbons (Fsp3) is 0.529. The minimum absolute atomic E-state index is 0.0391. The Morgan fingerprint density at radius 2 is 1.96 bits per heavy atom. The number of nitrogens with zero attached hydrogens (tertiary/aromatic N) is 1. The van der Waals surface area contributed by atoms with Crippen LogP contribution in [0.1, 0.15) is 32.1 Å². The van der Waals surface area contributed by atoms with Crippen molar-refractivity contribution in [3.8, 4) is 11.5 Å². The van der Waals surface area contributed by atoms with Crippen molar-refractivity contribution in [1.29, 1.82) is 0 Å². The lowest BCUT2D eigenvalue weighted by molar-refractivity contribution is -0.153. The summed E-state index contributed by atoms with van der Waals surface area (Å²) < 4.78 is 16.2. The van der Waals surface area contributed by atoms with Gasteiger partial charge in [-0.1, -0.05) is 0 Å². The van der Waals surface area contributed by atoms with Crippen LogP contribution in [0, 0.1) is 5.92 Å². The summed E-state index contributed by atoms with van der Waals surface area (Å²) in [5.74, 6) is 0.629. The predicted molar refractivity (Wildman–Crippen MR) is 81.4 cm³/mol. The van der Waals surface area contributed by atoms with Crippen LogP contribution in [0.4, 0.5) is 5.69 Å². The van der Waals surface area contributed by atoms with Gasteiger partial charge in [0.15, 0.2) is 11.5 Å². The molecular formula is C17H19NO5. The number of amides is 1. The number of esters is 1. The highest BCUT2D eigenvalue weighted by Gasteiger charge is 2.37. The molecule has 0 N–H and O–H groups in total. The van der Waals surface area contributed by atoms with Crippen LogP contribution in [0.15, 0.2) is 18.2 Å². The second-order valence-corrected chi connectivity index (χ2v) is 6.29. The first kappa shape index (κ1) is 14.4. The molecule has 4 rings (SSSR count). The van der Waals surface area contributed by atoms with E-state index in [4.69, 9.17) is 14.2 Å². The minimum atomic E-state index is -0.381. The summed E-state index contributed by atoms with van der Waals surface area (Å²) in [5, 5.41) is 0. The molecule has 0 bridgehead atoms. The third kappa shape index (κ3) is 2.73. The summed E-state index contributed by atoms with van der Waals surface area (Å²) in [5.41, 5.74) is 0.732. The van der Waals surface area contributed by atoms with Gasteiger partial charge in [0, 0.05) is 24.7 Å². The van der Waals surface area contributed by atoms with E-state index in [0.29, 0.717) is 18.0 Å². The highest BCUT2D eigenvalue weighted by molar-refractivity contribution is 5.99. The van der Waals surface area contributed by atoms with Crippen LogP contribution in [-0.2, 0) is 14.3 Å². The molecule has 122 valence electrons. The van der Waals surface area contributed by atoms with Gasteiger partial charge in [-0.15, -0.1) is 0 Å². The van der Waals surface area contributed by atoms with Crippen LogP contribution in [0.25, 0.3) is 0 Å². The SMILES string of the molecule is O=C(OC1CCCC1)[C@@H]1CC(=O)N(c2ccc3c(c2)OCO3)C1. The summed E-state index contributed by atoms with van der Waals surface area (Å²) in [6.07, 6.45) is 4.36. The van der Waals surface area contributed by atoms with Crippen LogP contribution in [0.3, 0.4) is 0 Å².